The second-order valence-electron chi connectivity index (χ2n) is 2.65. The van der Waals surface area contributed by atoms with Crippen molar-refractivity contribution >= 4 is 5.69 Å². The largest absolute Gasteiger partial charge is 0.308 e. The first-order chi connectivity index (χ1) is 6.06. The Balaban J connectivity index is 3.50. The van der Waals surface area contributed by atoms with E-state index in [-0.39, 0.29) is 11.4 Å². The molecule has 5 heteroatoms. The summed E-state index contributed by atoms with van der Waals surface area (Å²) in [6.07, 6.45) is 0. The first-order valence-electron chi connectivity index (χ1n) is 3.59. The van der Waals surface area contributed by atoms with Crippen molar-refractivity contribution in [3.05, 3.63) is 33.1 Å². The van der Waals surface area contributed by atoms with Crippen LogP contribution in [0.3, 0.4) is 0 Å². The smallest absolute Gasteiger partial charge is 0.258 e. The van der Waals surface area contributed by atoms with E-state index in [1.807, 2.05) is 0 Å². The van der Waals surface area contributed by atoms with Crippen LogP contribution < -0.4 is 0 Å². The second-order valence-corrected chi connectivity index (χ2v) is 2.65. The van der Waals surface area contributed by atoms with Gasteiger partial charge in [0.25, 0.3) is 0 Å². The fourth-order valence-corrected chi connectivity index (χ4v) is 1.14. The molecular formula is C8H7N3O2. The highest BCUT2D eigenvalue weighted by atomic mass is 16.6. The third-order valence-corrected chi connectivity index (χ3v) is 1.60. The van der Waals surface area contributed by atoms with Gasteiger partial charge in [-0.05, 0) is 19.9 Å². The van der Waals surface area contributed by atoms with E-state index in [4.69, 9.17) is 5.26 Å². The Kier molecular flexibility index (Phi) is 2.24. The molecule has 0 unspecified atom stereocenters. The molecule has 0 fully saturated rings. The van der Waals surface area contributed by atoms with Crippen LogP contribution in [0.2, 0.25) is 0 Å². The predicted octanol–water partition coefficient (Wildman–Crippen LogP) is 1.48. The summed E-state index contributed by atoms with van der Waals surface area (Å²) in [4.78, 5) is 13.7. The lowest BCUT2D eigenvalue weighted by Crippen LogP contribution is -1.99. The first-order valence-corrected chi connectivity index (χ1v) is 3.59. The summed E-state index contributed by atoms with van der Waals surface area (Å²) in [5.74, 6) is 0. The van der Waals surface area contributed by atoms with E-state index in [1.54, 1.807) is 26.0 Å². The van der Waals surface area contributed by atoms with E-state index in [2.05, 4.69) is 4.98 Å². The minimum Gasteiger partial charge on any atom is -0.258 e. The fourth-order valence-electron chi connectivity index (χ4n) is 1.14. The normalized spacial score (nSPS) is 9.31. The van der Waals surface area contributed by atoms with E-state index < -0.39 is 4.92 Å². The summed E-state index contributed by atoms with van der Waals surface area (Å²) >= 11 is 0. The molecule has 0 aromatic carbocycles. The van der Waals surface area contributed by atoms with Crippen LogP contribution in [0, 0.1) is 35.3 Å². The van der Waals surface area contributed by atoms with Crippen molar-refractivity contribution < 1.29 is 4.92 Å². The Morgan fingerprint density at radius 1 is 1.62 bits per heavy atom. The summed E-state index contributed by atoms with van der Waals surface area (Å²) in [6.45, 7) is 3.28. The van der Waals surface area contributed by atoms with Crippen LogP contribution >= 0.6 is 0 Å². The highest BCUT2D eigenvalue weighted by molar-refractivity contribution is 5.50. The quantitative estimate of drug-likeness (QED) is 0.480. The molecule has 0 aliphatic rings. The maximum atomic E-state index is 10.5. The van der Waals surface area contributed by atoms with Crippen molar-refractivity contribution in [2.24, 2.45) is 0 Å². The summed E-state index contributed by atoms with van der Waals surface area (Å²) in [7, 11) is 0. The zero-order valence-electron chi connectivity index (χ0n) is 7.24. The summed E-state index contributed by atoms with van der Waals surface area (Å²) < 4.78 is 0. The molecule has 0 saturated carbocycles. The zero-order chi connectivity index (χ0) is 10.0. The number of rotatable bonds is 1. The molecule has 13 heavy (non-hydrogen) atoms. The van der Waals surface area contributed by atoms with Gasteiger partial charge in [0.15, 0.2) is 0 Å². The lowest BCUT2D eigenvalue weighted by molar-refractivity contribution is -0.386. The van der Waals surface area contributed by atoms with Crippen LogP contribution in [0.1, 0.15) is 17.0 Å². The van der Waals surface area contributed by atoms with Crippen molar-refractivity contribution in [1.29, 1.82) is 5.26 Å². The van der Waals surface area contributed by atoms with E-state index in [0.717, 1.165) is 0 Å². The highest BCUT2D eigenvalue weighted by Crippen LogP contribution is 2.21. The van der Waals surface area contributed by atoms with Gasteiger partial charge in [0, 0.05) is 11.3 Å². The summed E-state index contributed by atoms with van der Waals surface area (Å²) in [5, 5.41) is 19.1. The van der Waals surface area contributed by atoms with Crippen LogP contribution in [0.4, 0.5) is 5.69 Å². The van der Waals surface area contributed by atoms with Gasteiger partial charge in [0.05, 0.1) is 4.92 Å². The van der Waals surface area contributed by atoms with Crippen molar-refractivity contribution in [3.8, 4) is 6.07 Å². The zero-order valence-corrected chi connectivity index (χ0v) is 7.24. The predicted molar refractivity (Wildman–Crippen MR) is 45.1 cm³/mol. The van der Waals surface area contributed by atoms with Gasteiger partial charge in [0.1, 0.15) is 6.07 Å². The average Bonchev–Trinajstić information content (AvgIpc) is 2.01. The van der Waals surface area contributed by atoms with Gasteiger partial charge in [-0.1, -0.05) is 0 Å². The SMILES string of the molecule is Cc1cc(C)c([N+](=O)[O-])c(C#N)n1. The number of hydrogen-bond donors (Lipinski definition) is 0. The van der Waals surface area contributed by atoms with Gasteiger partial charge < -0.3 is 0 Å². The molecule has 0 spiro atoms. The fraction of sp³-hybridized carbons (Fsp3) is 0.250. The van der Waals surface area contributed by atoms with Crippen LogP contribution in [0.25, 0.3) is 0 Å². The molecule has 0 bridgehead atoms. The number of hydrogen-bond acceptors (Lipinski definition) is 4. The molecule has 1 aromatic heterocycles. The maximum absolute atomic E-state index is 10.5. The Labute approximate surface area is 74.8 Å². The molecule has 1 aromatic rings. The maximum Gasteiger partial charge on any atom is 0.308 e. The van der Waals surface area contributed by atoms with Gasteiger partial charge in [-0.15, -0.1) is 0 Å². The van der Waals surface area contributed by atoms with Crippen LogP contribution in [0.15, 0.2) is 6.07 Å². The lowest BCUT2D eigenvalue weighted by Gasteiger charge is -1.99. The Bertz CT molecular complexity index is 407. The molecule has 66 valence electrons. The molecule has 0 aliphatic heterocycles. The highest BCUT2D eigenvalue weighted by Gasteiger charge is 2.18. The van der Waals surface area contributed by atoms with Crippen molar-refractivity contribution in [1.82, 2.24) is 4.98 Å². The van der Waals surface area contributed by atoms with Gasteiger partial charge >= 0.3 is 5.69 Å². The molecule has 1 rings (SSSR count). The van der Waals surface area contributed by atoms with E-state index in [0.29, 0.717) is 11.3 Å². The molecule has 0 saturated heterocycles. The van der Waals surface area contributed by atoms with Gasteiger partial charge in [-0.2, -0.15) is 5.26 Å². The van der Waals surface area contributed by atoms with Gasteiger partial charge in [-0.3, -0.25) is 10.1 Å². The number of nitro groups is 1. The number of aromatic nitrogens is 1. The Morgan fingerprint density at radius 2 is 2.23 bits per heavy atom. The van der Waals surface area contributed by atoms with Crippen LogP contribution in [0.5, 0.6) is 0 Å². The monoisotopic (exact) mass is 177 g/mol. The minimum atomic E-state index is -0.583. The van der Waals surface area contributed by atoms with E-state index in [9.17, 15) is 10.1 Å². The van der Waals surface area contributed by atoms with Crippen molar-refractivity contribution in [2.75, 3.05) is 0 Å². The first kappa shape index (κ1) is 9.13. The lowest BCUT2D eigenvalue weighted by atomic mass is 10.2. The molecule has 0 radical (unpaired) electrons. The summed E-state index contributed by atoms with van der Waals surface area (Å²) in [5.41, 5.74) is 0.754. The van der Waals surface area contributed by atoms with Crippen molar-refractivity contribution in [3.63, 3.8) is 0 Å². The molecule has 0 N–H and O–H groups in total. The standard InChI is InChI=1S/C8H7N3O2/c1-5-3-6(2)10-7(4-9)8(5)11(12)13/h3H,1-2H3. The second kappa shape index (κ2) is 3.19. The Morgan fingerprint density at radius 3 is 2.69 bits per heavy atom. The van der Waals surface area contributed by atoms with Gasteiger partial charge in [-0.25, -0.2) is 4.98 Å². The van der Waals surface area contributed by atoms with Crippen LogP contribution in [-0.4, -0.2) is 9.91 Å². The topological polar surface area (TPSA) is 79.8 Å². The van der Waals surface area contributed by atoms with E-state index in [1.165, 1.54) is 0 Å². The number of nitriles is 1. The molecule has 5 nitrogen and oxygen atoms in total. The minimum absolute atomic E-state index is 0.123. The molecule has 0 aliphatic carbocycles. The number of aryl methyl sites for hydroxylation is 2. The number of nitrogens with zero attached hydrogens (tertiary/aromatic N) is 3. The van der Waals surface area contributed by atoms with Crippen LogP contribution in [-0.2, 0) is 0 Å². The Hall–Kier alpha value is -1.96. The number of pyridine rings is 1. The molecule has 1 heterocycles. The third kappa shape index (κ3) is 1.62. The molecule has 0 atom stereocenters. The van der Waals surface area contributed by atoms with E-state index >= 15 is 0 Å². The summed E-state index contributed by atoms with van der Waals surface area (Å²) in [6, 6.07) is 3.29. The van der Waals surface area contributed by atoms with Gasteiger partial charge in [0.2, 0.25) is 5.69 Å². The molecule has 0 amide bonds. The average molecular weight is 177 g/mol. The third-order valence-electron chi connectivity index (χ3n) is 1.60. The molecular weight excluding hydrogens is 170 g/mol. The van der Waals surface area contributed by atoms with Crippen molar-refractivity contribution in [2.45, 2.75) is 13.8 Å².